The van der Waals surface area contributed by atoms with Gasteiger partial charge in [0.05, 0.1) is 12.6 Å². The molecule has 0 aliphatic carbocycles. The Labute approximate surface area is 160 Å². The third-order valence-electron chi connectivity index (χ3n) is 5.28. The van der Waals surface area contributed by atoms with Gasteiger partial charge in [0.2, 0.25) is 5.95 Å². The summed E-state index contributed by atoms with van der Waals surface area (Å²) in [5.41, 5.74) is 2.17. The summed E-state index contributed by atoms with van der Waals surface area (Å²) < 4.78 is 5.23. The maximum absolute atomic E-state index is 5.23. The molecule has 0 amide bonds. The van der Waals surface area contributed by atoms with E-state index in [4.69, 9.17) is 14.7 Å². The van der Waals surface area contributed by atoms with Gasteiger partial charge in [-0.3, -0.25) is 0 Å². The summed E-state index contributed by atoms with van der Waals surface area (Å²) in [6, 6.07) is 16.3. The molecule has 1 aliphatic rings. The Kier molecular flexibility index (Phi) is 5.10. The second-order valence-corrected chi connectivity index (χ2v) is 7.26. The van der Waals surface area contributed by atoms with Crippen LogP contribution >= 0.6 is 0 Å². The zero-order valence-electron chi connectivity index (χ0n) is 16.0. The number of hydrogen-bond donors (Lipinski definition) is 1. The van der Waals surface area contributed by atoms with Crippen LogP contribution in [-0.4, -0.2) is 30.2 Å². The number of hydrogen-bond acceptors (Lipinski definition) is 5. The second kappa shape index (κ2) is 7.82. The molecule has 1 saturated heterocycles. The summed E-state index contributed by atoms with van der Waals surface area (Å²) in [5, 5.41) is 4.57. The van der Waals surface area contributed by atoms with Gasteiger partial charge in [-0.05, 0) is 48.6 Å². The molecule has 1 aliphatic heterocycles. The first kappa shape index (κ1) is 17.6. The van der Waals surface area contributed by atoms with Crippen molar-refractivity contribution < 1.29 is 4.74 Å². The van der Waals surface area contributed by atoms with E-state index >= 15 is 0 Å². The molecule has 5 nitrogen and oxygen atoms in total. The number of rotatable bonds is 5. The maximum atomic E-state index is 5.23. The Hall–Kier alpha value is -2.82. The highest BCUT2D eigenvalue weighted by Crippen LogP contribution is 2.26. The molecule has 0 radical (unpaired) electrons. The fourth-order valence-corrected chi connectivity index (χ4v) is 3.48. The molecule has 0 spiro atoms. The number of methoxy groups -OCH3 is 1. The van der Waals surface area contributed by atoms with E-state index in [-0.39, 0.29) is 0 Å². The quantitative estimate of drug-likeness (QED) is 0.725. The molecule has 0 unspecified atom stereocenters. The van der Waals surface area contributed by atoms with Crippen molar-refractivity contribution in [3.63, 3.8) is 0 Å². The third kappa shape index (κ3) is 3.97. The van der Waals surface area contributed by atoms with Gasteiger partial charge in [0.25, 0.3) is 0 Å². The zero-order valence-corrected chi connectivity index (χ0v) is 16.0. The maximum Gasteiger partial charge on any atom is 0.227 e. The van der Waals surface area contributed by atoms with E-state index in [2.05, 4.69) is 41.4 Å². The Balaban J connectivity index is 1.59. The number of para-hydroxylation sites is 1. The first-order valence-corrected chi connectivity index (χ1v) is 9.61. The number of anilines is 2. The number of nitrogens with one attached hydrogen (secondary N) is 1. The van der Waals surface area contributed by atoms with E-state index in [1.54, 1.807) is 7.11 Å². The molecule has 1 fully saturated rings. The van der Waals surface area contributed by atoms with Crippen molar-refractivity contribution >= 4 is 22.7 Å². The van der Waals surface area contributed by atoms with Crippen LogP contribution in [-0.2, 0) is 6.54 Å². The predicted molar refractivity (Wildman–Crippen MR) is 110 cm³/mol. The molecule has 0 saturated carbocycles. The van der Waals surface area contributed by atoms with Gasteiger partial charge in [0.1, 0.15) is 11.6 Å². The van der Waals surface area contributed by atoms with E-state index in [0.717, 1.165) is 47.4 Å². The van der Waals surface area contributed by atoms with Gasteiger partial charge in [-0.25, -0.2) is 4.98 Å². The number of benzene rings is 2. The zero-order chi connectivity index (χ0) is 18.6. The lowest BCUT2D eigenvalue weighted by Gasteiger charge is -2.30. The van der Waals surface area contributed by atoms with Crippen LogP contribution in [0.4, 0.5) is 11.8 Å². The van der Waals surface area contributed by atoms with Crippen LogP contribution < -0.4 is 15.0 Å². The summed E-state index contributed by atoms with van der Waals surface area (Å²) in [6.45, 7) is 5.08. The Morgan fingerprint density at radius 3 is 2.52 bits per heavy atom. The van der Waals surface area contributed by atoms with E-state index in [1.165, 1.54) is 18.4 Å². The molecular weight excluding hydrogens is 336 g/mol. The topological polar surface area (TPSA) is 50.3 Å². The van der Waals surface area contributed by atoms with Crippen molar-refractivity contribution in [2.24, 2.45) is 5.92 Å². The molecule has 3 aromatic rings. The van der Waals surface area contributed by atoms with Gasteiger partial charge >= 0.3 is 0 Å². The SMILES string of the molecule is COc1ccc(CNc2nc(N3CCC(C)CC3)nc3ccccc23)cc1. The van der Waals surface area contributed by atoms with Gasteiger partial charge in [-0.2, -0.15) is 4.98 Å². The molecule has 5 heteroatoms. The van der Waals surface area contributed by atoms with Crippen LogP contribution in [0.25, 0.3) is 10.9 Å². The minimum Gasteiger partial charge on any atom is -0.497 e. The molecule has 0 atom stereocenters. The Bertz CT molecular complexity index is 902. The molecule has 140 valence electrons. The van der Waals surface area contributed by atoms with E-state index in [9.17, 15) is 0 Å². The lowest BCUT2D eigenvalue weighted by atomic mass is 10.00. The Morgan fingerprint density at radius 1 is 1.04 bits per heavy atom. The normalized spacial score (nSPS) is 15.1. The molecule has 27 heavy (non-hydrogen) atoms. The van der Waals surface area contributed by atoms with Crippen molar-refractivity contribution in [1.29, 1.82) is 0 Å². The summed E-state index contributed by atoms with van der Waals surface area (Å²) >= 11 is 0. The lowest BCUT2D eigenvalue weighted by molar-refractivity contribution is 0.414. The predicted octanol–water partition coefficient (Wildman–Crippen LogP) is 4.49. The highest BCUT2D eigenvalue weighted by molar-refractivity contribution is 5.90. The summed E-state index contributed by atoms with van der Waals surface area (Å²) in [6.07, 6.45) is 2.40. The van der Waals surface area contributed by atoms with E-state index < -0.39 is 0 Å². The van der Waals surface area contributed by atoms with Crippen LogP contribution in [0.1, 0.15) is 25.3 Å². The highest BCUT2D eigenvalue weighted by Gasteiger charge is 2.19. The van der Waals surface area contributed by atoms with Crippen molar-refractivity contribution in [2.45, 2.75) is 26.3 Å². The third-order valence-corrected chi connectivity index (χ3v) is 5.28. The first-order valence-electron chi connectivity index (χ1n) is 9.61. The van der Waals surface area contributed by atoms with Gasteiger partial charge in [0.15, 0.2) is 0 Å². The monoisotopic (exact) mass is 362 g/mol. The first-order chi connectivity index (χ1) is 13.2. The van der Waals surface area contributed by atoms with Crippen molar-refractivity contribution in [1.82, 2.24) is 9.97 Å². The van der Waals surface area contributed by atoms with E-state index in [1.807, 2.05) is 24.3 Å². The van der Waals surface area contributed by atoms with Gasteiger partial charge in [-0.1, -0.05) is 31.2 Å². The number of aromatic nitrogens is 2. The van der Waals surface area contributed by atoms with Gasteiger partial charge < -0.3 is 15.0 Å². The molecular formula is C22H26N4O. The highest BCUT2D eigenvalue weighted by atomic mass is 16.5. The molecule has 2 heterocycles. The average Bonchev–Trinajstić information content (AvgIpc) is 2.72. The minimum absolute atomic E-state index is 0.710. The molecule has 2 aromatic carbocycles. The van der Waals surface area contributed by atoms with Crippen LogP contribution in [0.5, 0.6) is 5.75 Å². The number of fused-ring (bicyclic) bond motifs is 1. The Morgan fingerprint density at radius 2 is 1.78 bits per heavy atom. The van der Waals surface area contributed by atoms with E-state index in [0.29, 0.717) is 6.54 Å². The fraction of sp³-hybridized carbons (Fsp3) is 0.364. The van der Waals surface area contributed by atoms with Gasteiger partial charge in [0, 0.05) is 25.0 Å². The molecule has 0 bridgehead atoms. The molecule has 1 N–H and O–H groups in total. The molecule has 4 rings (SSSR count). The second-order valence-electron chi connectivity index (χ2n) is 7.26. The summed E-state index contributed by atoms with van der Waals surface area (Å²) in [5.74, 6) is 3.38. The summed E-state index contributed by atoms with van der Waals surface area (Å²) in [4.78, 5) is 12.0. The number of nitrogens with zero attached hydrogens (tertiary/aromatic N) is 3. The van der Waals surface area contributed by atoms with Gasteiger partial charge in [-0.15, -0.1) is 0 Å². The smallest absolute Gasteiger partial charge is 0.227 e. The average molecular weight is 362 g/mol. The summed E-state index contributed by atoms with van der Waals surface area (Å²) in [7, 11) is 1.68. The largest absolute Gasteiger partial charge is 0.497 e. The van der Waals surface area contributed by atoms with Crippen LogP contribution in [0.3, 0.4) is 0 Å². The lowest BCUT2D eigenvalue weighted by Crippen LogP contribution is -2.34. The molecule has 1 aromatic heterocycles. The van der Waals surface area contributed by atoms with Crippen molar-refractivity contribution in [2.75, 3.05) is 30.4 Å². The number of piperidine rings is 1. The van der Waals surface area contributed by atoms with Crippen molar-refractivity contribution in [3.8, 4) is 5.75 Å². The van der Waals surface area contributed by atoms with Crippen LogP contribution in [0, 0.1) is 5.92 Å². The standard InChI is InChI=1S/C22H26N4O/c1-16-11-13-26(14-12-16)22-24-20-6-4-3-5-19(20)21(25-22)23-15-17-7-9-18(27-2)10-8-17/h3-10,16H,11-15H2,1-2H3,(H,23,24,25). The minimum atomic E-state index is 0.710. The van der Waals surface area contributed by atoms with Crippen molar-refractivity contribution in [3.05, 3.63) is 54.1 Å². The van der Waals surface area contributed by atoms with Crippen LogP contribution in [0.15, 0.2) is 48.5 Å². The fourth-order valence-electron chi connectivity index (χ4n) is 3.48. The number of ether oxygens (including phenoxy) is 1. The van der Waals surface area contributed by atoms with Crippen LogP contribution in [0.2, 0.25) is 0 Å².